The molecule has 1 aromatic heterocycles. The highest BCUT2D eigenvalue weighted by Crippen LogP contribution is 2.37. The first-order valence-electron chi connectivity index (χ1n) is 11.3. The van der Waals surface area contributed by atoms with Crippen molar-refractivity contribution in [3.8, 4) is 17.2 Å². The van der Waals surface area contributed by atoms with Gasteiger partial charge in [0, 0.05) is 11.1 Å². The summed E-state index contributed by atoms with van der Waals surface area (Å²) >= 11 is 7.40. The van der Waals surface area contributed by atoms with Gasteiger partial charge in [-0.2, -0.15) is 5.26 Å². The predicted molar refractivity (Wildman–Crippen MR) is 146 cm³/mol. The van der Waals surface area contributed by atoms with E-state index in [9.17, 15) is 23.3 Å². The van der Waals surface area contributed by atoms with Gasteiger partial charge < -0.3 is 5.32 Å². The van der Waals surface area contributed by atoms with Gasteiger partial charge in [-0.05, 0) is 53.6 Å². The first kappa shape index (κ1) is 26.3. The fourth-order valence-electron chi connectivity index (χ4n) is 3.71. The van der Waals surface area contributed by atoms with E-state index >= 15 is 0 Å². The van der Waals surface area contributed by atoms with Crippen molar-refractivity contribution in [3.63, 3.8) is 0 Å². The van der Waals surface area contributed by atoms with Crippen LogP contribution in [0.4, 0.5) is 5.00 Å². The van der Waals surface area contributed by atoms with Crippen molar-refractivity contribution >= 4 is 49.5 Å². The number of hydrogen-bond acceptors (Lipinski definition) is 6. The highest BCUT2D eigenvalue weighted by atomic mass is 35.5. The van der Waals surface area contributed by atoms with Crippen LogP contribution in [0.15, 0.2) is 83.8 Å². The van der Waals surface area contributed by atoms with Crippen LogP contribution in [-0.4, -0.2) is 25.9 Å². The lowest BCUT2D eigenvalue weighted by Gasteiger charge is -2.05. The summed E-state index contributed by atoms with van der Waals surface area (Å²) in [4.78, 5) is 26.8. The van der Waals surface area contributed by atoms with Gasteiger partial charge in [-0.1, -0.05) is 54.9 Å². The van der Waals surface area contributed by atoms with Crippen LogP contribution in [0.3, 0.4) is 0 Å². The number of sulfone groups is 1. The highest BCUT2D eigenvalue weighted by Gasteiger charge is 2.22. The third kappa shape index (κ3) is 5.97. The van der Waals surface area contributed by atoms with Crippen molar-refractivity contribution in [1.82, 2.24) is 0 Å². The summed E-state index contributed by atoms with van der Waals surface area (Å²) in [5, 5.41) is 12.9. The molecule has 1 amide bonds. The molecule has 0 fully saturated rings. The van der Waals surface area contributed by atoms with Gasteiger partial charge in [0.15, 0.2) is 9.84 Å². The van der Waals surface area contributed by atoms with E-state index < -0.39 is 9.84 Å². The predicted octanol–water partition coefficient (Wildman–Crippen LogP) is 6.15. The minimum Gasteiger partial charge on any atom is -0.317 e. The number of amides is 1. The average molecular weight is 549 g/mol. The topological polar surface area (TPSA) is 104 Å². The Hall–Kier alpha value is -3.77. The van der Waals surface area contributed by atoms with Gasteiger partial charge in [-0.15, -0.1) is 11.3 Å². The maximum atomic E-state index is 13.4. The van der Waals surface area contributed by atoms with Crippen LogP contribution in [0.5, 0.6) is 0 Å². The van der Waals surface area contributed by atoms with Gasteiger partial charge in [0.1, 0.15) is 0 Å². The first-order valence-corrected chi connectivity index (χ1v) is 14.1. The number of anilines is 1. The Kier molecular flexibility index (Phi) is 7.89. The van der Waals surface area contributed by atoms with Crippen LogP contribution in [-0.2, 0) is 21.1 Å². The molecule has 3 aromatic carbocycles. The second kappa shape index (κ2) is 11.1. The summed E-state index contributed by atoms with van der Waals surface area (Å²) < 4.78 is 24.0. The fraction of sp³-hybridized carbons (Fsp3) is 0.107. The molecule has 4 rings (SSSR count). The third-order valence-electron chi connectivity index (χ3n) is 5.65. The standard InChI is InChI=1S/C28H21ClN2O4S2/c1-2-37(34,35)21-12-10-18(11-13-21)15-25(32)31-26-16-23(20-7-5-6-19(14-20)17-30)28(36-26)27(33)22-8-3-4-9-24(22)29/h3-14,16H,2,15H2,1H3,(H,31,32). The number of nitrogens with zero attached hydrogens (tertiary/aromatic N) is 1. The van der Waals surface area contributed by atoms with Crippen LogP contribution in [0, 0.1) is 11.3 Å². The molecule has 0 saturated heterocycles. The number of carbonyl (C=O) groups excluding carboxylic acids is 2. The quantitative estimate of drug-likeness (QED) is 0.266. The zero-order valence-electron chi connectivity index (χ0n) is 19.7. The number of nitrogens with one attached hydrogen (secondary N) is 1. The normalized spacial score (nSPS) is 11.1. The van der Waals surface area contributed by atoms with Crippen LogP contribution >= 0.6 is 22.9 Å². The Morgan fingerprint density at radius 1 is 1.00 bits per heavy atom. The van der Waals surface area contributed by atoms with E-state index in [0.29, 0.717) is 42.7 Å². The molecule has 0 aliphatic carbocycles. The van der Waals surface area contributed by atoms with Crippen molar-refractivity contribution in [2.45, 2.75) is 18.2 Å². The number of halogens is 1. The molecule has 0 atom stereocenters. The second-order valence-electron chi connectivity index (χ2n) is 8.13. The molecular formula is C28H21ClN2O4S2. The zero-order chi connectivity index (χ0) is 26.6. The van der Waals surface area contributed by atoms with Gasteiger partial charge in [0.25, 0.3) is 0 Å². The summed E-state index contributed by atoms with van der Waals surface area (Å²) in [5.41, 5.74) is 2.68. The fourth-order valence-corrected chi connectivity index (χ4v) is 5.86. The number of nitriles is 1. The number of carbonyl (C=O) groups is 2. The maximum Gasteiger partial charge on any atom is 0.229 e. The lowest BCUT2D eigenvalue weighted by molar-refractivity contribution is -0.115. The van der Waals surface area contributed by atoms with Gasteiger partial charge in [-0.25, -0.2) is 8.42 Å². The number of thiophene rings is 1. The smallest absolute Gasteiger partial charge is 0.229 e. The summed E-state index contributed by atoms with van der Waals surface area (Å²) in [6, 6.07) is 23.6. The molecule has 0 unspecified atom stereocenters. The van der Waals surface area contributed by atoms with E-state index in [2.05, 4.69) is 11.4 Å². The van der Waals surface area contributed by atoms with Crippen molar-refractivity contribution in [2.24, 2.45) is 0 Å². The van der Waals surface area contributed by atoms with E-state index in [1.54, 1.807) is 73.7 Å². The van der Waals surface area contributed by atoms with Gasteiger partial charge in [0.2, 0.25) is 11.7 Å². The van der Waals surface area contributed by atoms with E-state index in [1.807, 2.05) is 0 Å². The first-order chi connectivity index (χ1) is 17.7. The van der Waals surface area contributed by atoms with Crippen molar-refractivity contribution in [1.29, 1.82) is 5.26 Å². The molecule has 37 heavy (non-hydrogen) atoms. The lowest BCUT2D eigenvalue weighted by atomic mass is 10.00. The Morgan fingerprint density at radius 2 is 1.73 bits per heavy atom. The van der Waals surface area contributed by atoms with E-state index in [-0.39, 0.29) is 28.8 Å². The van der Waals surface area contributed by atoms with Gasteiger partial charge in [0.05, 0.1) is 43.6 Å². The molecule has 0 radical (unpaired) electrons. The van der Waals surface area contributed by atoms with Crippen LogP contribution in [0.1, 0.15) is 33.3 Å². The maximum absolute atomic E-state index is 13.4. The zero-order valence-corrected chi connectivity index (χ0v) is 22.1. The summed E-state index contributed by atoms with van der Waals surface area (Å²) in [5.74, 6) is -0.609. The van der Waals surface area contributed by atoms with Crippen LogP contribution in [0.2, 0.25) is 5.02 Å². The van der Waals surface area contributed by atoms with Crippen molar-refractivity contribution in [2.75, 3.05) is 11.1 Å². The number of benzene rings is 3. The summed E-state index contributed by atoms with van der Waals surface area (Å²) in [7, 11) is -3.32. The number of rotatable bonds is 8. The molecule has 0 aliphatic heterocycles. The number of ketones is 1. The number of hydrogen-bond donors (Lipinski definition) is 1. The molecule has 0 bridgehead atoms. The lowest BCUT2D eigenvalue weighted by Crippen LogP contribution is -2.13. The molecule has 1 N–H and O–H groups in total. The Bertz CT molecular complexity index is 1640. The highest BCUT2D eigenvalue weighted by molar-refractivity contribution is 7.91. The third-order valence-corrected chi connectivity index (χ3v) is 8.78. The van der Waals surface area contributed by atoms with Gasteiger partial charge in [-0.3, -0.25) is 9.59 Å². The second-order valence-corrected chi connectivity index (χ2v) is 11.9. The molecule has 9 heteroatoms. The van der Waals surface area contributed by atoms with Crippen molar-refractivity contribution < 1.29 is 18.0 Å². The molecule has 4 aromatic rings. The molecule has 0 aliphatic rings. The van der Waals surface area contributed by atoms with E-state index in [1.165, 1.54) is 12.1 Å². The Labute approximate surface area is 224 Å². The molecule has 0 saturated carbocycles. The van der Waals surface area contributed by atoms with Crippen LogP contribution < -0.4 is 5.32 Å². The monoisotopic (exact) mass is 548 g/mol. The van der Waals surface area contributed by atoms with Crippen LogP contribution in [0.25, 0.3) is 11.1 Å². The molecule has 186 valence electrons. The molecule has 6 nitrogen and oxygen atoms in total. The molecule has 0 spiro atoms. The largest absolute Gasteiger partial charge is 0.317 e. The minimum atomic E-state index is -3.32. The minimum absolute atomic E-state index is 0.0000651. The Morgan fingerprint density at radius 3 is 2.41 bits per heavy atom. The summed E-state index contributed by atoms with van der Waals surface area (Å²) in [6.45, 7) is 1.58. The SMILES string of the molecule is CCS(=O)(=O)c1ccc(CC(=O)Nc2cc(-c3cccc(C#N)c3)c(C(=O)c3ccccc3Cl)s2)cc1. The average Bonchev–Trinajstić information content (AvgIpc) is 3.32. The van der Waals surface area contributed by atoms with Crippen molar-refractivity contribution in [3.05, 3.63) is 105 Å². The molecule has 1 heterocycles. The Balaban J connectivity index is 1.63. The van der Waals surface area contributed by atoms with E-state index in [0.717, 1.165) is 11.3 Å². The van der Waals surface area contributed by atoms with E-state index in [4.69, 9.17) is 11.6 Å². The molecular weight excluding hydrogens is 528 g/mol. The summed E-state index contributed by atoms with van der Waals surface area (Å²) in [6.07, 6.45) is 0.0252. The van der Waals surface area contributed by atoms with Gasteiger partial charge >= 0.3 is 0 Å².